The fourth-order valence-electron chi connectivity index (χ4n) is 1.97. The Morgan fingerprint density at radius 1 is 1.17 bits per heavy atom. The number of anilines is 2. The van der Waals surface area contributed by atoms with Gasteiger partial charge in [-0.15, -0.1) is 0 Å². The lowest BCUT2D eigenvalue weighted by molar-refractivity contribution is -0.114. The lowest BCUT2D eigenvalue weighted by Crippen LogP contribution is -2.13. The van der Waals surface area contributed by atoms with Gasteiger partial charge < -0.3 is 10.1 Å². The molecule has 2 aromatic carbocycles. The summed E-state index contributed by atoms with van der Waals surface area (Å²) in [5.74, 6) is 0.332. The Kier molecular flexibility index (Phi) is 5.69. The van der Waals surface area contributed by atoms with Gasteiger partial charge in [0.1, 0.15) is 5.75 Å². The number of benzene rings is 2. The minimum atomic E-state index is -3.75. The van der Waals surface area contributed by atoms with Gasteiger partial charge in [0.05, 0.1) is 27.9 Å². The predicted octanol–water partition coefficient (Wildman–Crippen LogP) is 3.50. The predicted molar refractivity (Wildman–Crippen MR) is 94.2 cm³/mol. The number of halogens is 1. The molecule has 0 unspecified atom stereocenters. The minimum Gasteiger partial charge on any atom is -0.494 e. The van der Waals surface area contributed by atoms with Crippen molar-refractivity contribution in [2.75, 3.05) is 16.6 Å². The molecule has 0 saturated heterocycles. The number of hydrogen-bond donors (Lipinski definition) is 2. The van der Waals surface area contributed by atoms with Crippen molar-refractivity contribution in [1.29, 1.82) is 0 Å². The number of amides is 1. The number of sulfonamides is 1. The molecule has 0 fully saturated rings. The van der Waals surface area contributed by atoms with E-state index in [1.54, 1.807) is 12.1 Å². The maximum Gasteiger partial charge on any atom is 0.261 e. The second kappa shape index (κ2) is 7.55. The Bertz CT molecular complexity index is 836. The summed E-state index contributed by atoms with van der Waals surface area (Å²) in [6, 6.07) is 10.6. The van der Waals surface area contributed by atoms with E-state index in [4.69, 9.17) is 16.3 Å². The normalized spacial score (nSPS) is 11.0. The van der Waals surface area contributed by atoms with Gasteiger partial charge in [-0.3, -0.25) is 9.52 Å². The van der Waals surface area contributed by atoms with Crippen LogP contribution >= 0.6 is 11.6 Å². The zero-order chi connectivity index (χ0) is 17.7. The first-order valence-electron chi connectivity index (χ1n) is 7.14. The molecule has 2 aromatic rings. The van der Waals surface area contributed by atoms with Crippen LogP contribution in [0.25, 0.3) is 0 Å². The van der Waals surface area contributed by atoms with E-state index in [0.29, 0.717) is 23.7 Å². The maximum atomic E-state index is 12.4. The number of carbonyl (C=O) groups excluding carboxylic acids is 1. The highest BCUT2D eigenvalue weighted by Crippen LogP contribution is 2.27. The molecule has 128 valence electrons. The van der Waals surface area contributed by atoms with Crippen molar-refractivity contribution in [3.63, 3.8) is 0 Å². The molecule has 0 aliphatic rings. The fraction of sp³-hybridized carbons (Fsp3) is 0.188. The van der Waals surface area contributed by atoms with E-state index in [1.165, 1.54) is 37.3 Å². The van der Waals surface area contributed by atoms with Gasteiger partial charge in [-0.05, 0) is 49.4 Å². The summed E-state index contributed by atoms with van der Waals surface area (Å²) >= 11 is 6.04. The Hall–Kier alpha value is -2.25. The molecule has 0 bridgehead atoms. The quantitative estimate of drug-likeness (QED) is 0.817. The van der Waals surface area contributed by atoms with Crippen LogP contribution in [0.3, 0.4) is 0 Å². The van der Waals surface area contributed by atoms with Crippen molar-refractivity contribution in [2.24, 2.45) is 0 Å². The third kappa shape index (κ3) is 4.62. The molecule has 8 heteroatoms. The van der Waals surface area contributed by atoms with E-state index in [9.17, 15) is 13.2 Å². The monoisotopic (exact) mass is 368 g/mol. The summed E-state index contributed by atoms with van der Waals surface area (Å²) in [5, 5.41) is 2.78. The average molecular weight is 369 g/mol. The molecule has 0 radical (unpaired) electrons. The van der Waals surface area contributed by atoms with Gasteiger partial charge in [-0.1, -0.05) is 11.6 Å². The molecule has 0 atom stereocenters. The van der Waals surface area contributed by atoms with Crippen LogP contribution in [0.15, 0.2) is 47.4 Å². The lowest BCUT2D eigenvalue weighted by Gasteiger charge is -2.11. The Labute approximate surface area is 145 Å². The third-order valence-electron chi connectivity index (χ3n) is 2.98. The minimum absolute atomic E-state index is 0.105. The van der Waals surface area contributed by atoms with E-state index >= 15 is 0 Å². The molecule has 24 heavy (non-hydrogen) atoms. The molecule has 0 aromatic heterocycles. The maximum absolute atomic E-state index is 12.4. The van der Waals surface area contributed by atoms with Crippen LogP contribution in [-0.2, 0) is 14.8 Å². The topological polar surface area (TPSA) is 84.5 Å². The molecule has 0 aliphatic carbocycles. The summed E-state index contributed by atoms with van der Waals surface area (Å²) in [6.45, 7) is 3.71. The van der Waals surface area contributed by atoms with Crippen molar-refractivity contribution in [2.45, 2.75) is 18.7 Å². The molecule has 6 nitrogen and oxygen atoms in total. The Morgan fingerprint density at radius 2 is 1.83 bits per heavy atom. The van der Waals surface area contributed by atoms with Crippen LogP contribution in [0.2, 0.25) is 5.02 Å². The SMILES string of the molecule is CCOc1ccc(S(=O)(=O)Nc2ccc(NC(C)=O)c(Cl)c2)cc1. The van der Waals surface area contributed by atoms with E-state index in [1.807, 2.05) is 6.92 Å². The fourth-order valence-corrected chi connectivity index (χ4v) is 3.24. The Balaban J connectivity index is 2.19. The highest BCUT2D eigenvalue weighted by atomic mass is 35.5. The van der Waals surface area contributed by atoms with Gasteiger partial charge in [0.15, 0.2) is 0 Å². The second-order valence-electron chi connectivity index (χ2n) is 4.89. The van der Waals surface area contributed by atoms with Crippen LogP contribution < -0.4 is 14.8 Å². The van der Waals surface area contributed by atoms with E-state index in [2.05, 4.69) is 10.0 Å². The number of ether oxygens (including phenoxy) is 1. The summed E-state index contributed by atoms with van der Waals surface area (Å²) in [7, 11) is -3.75. The lowest BCUT2D eigenvalue weighted by atomic mass is 10.3. The van der Waals surface area contributed by atoms with Crippen LogP contribution in [0, 0.1) is 0 Å². The second-order valence-corrected chi connectivity index (χ2v) is 6.98. The Morgan fingerprint density at radius 3 is 2.38 bits per heavy atom. The van der Waals surface area contributed by atoms with Crippen molar-refractivity contribution in [3.8, 4) is 5.75 Å². The van der Waals surface area contributed by atoms with Crippen molar-refractivity contribution < 1.29 is 17.9 Å². The largest absolute Gasteiger partial charge is 0.494 e. The van der Waals surface area contributed by atoms with Gasteiger partial charge >= 0.3 is 0 Å². The van der Waals surface area contributed by atoms with Gasteiger partial charge in [-0.2, -0.15) is 0 Å². The van der Waals surface area contributed by atoms with Crippen molar-refractivity contribution in [3.05, 3.63) is 47.5 Å². The number of hydrogen-bond acceptors (Lipinski definition) is 4. The molecular formula is C16H17ClN2O4S. The van der Waals surface area contributed by atoms with Gasteiger partial charge in [0, 0.05) is 6.92 Å². The molecule has 0 spiro atoms. The van der Waals surface area contributed by atoms with E-state index in [-0.39, 0.29) is 15.8 Å². The molecule has 0 aliphatic heterocycles. The zero-order valence-electron chi connectivity index (χ0n) is 13.2. The molecule has 0 heterocycles. The van der Waals surface area contributed by atoms with Crippen LogP contribution in [0.5, 0.6) is 5.75 Å². The summed E-state index contributed by atoms with van der Waals surface area (Å²) < 4.78 is 32.5. The first kappa shape index (κ1) is 18.1. The van der Waals surface area contributed by atoms with Crippen molar-refractivity contribution >= 4 is 38.9 Å². The molecule has 0 saturated carbocycles. The number of rotatable bonds is 6. The van der Waals surface area contributed by atoms with Crippen LogP contribution in [0.4, 0.5) is 11.4 Å². The zero-order valence-corrected chi connectivity index (χ0v) is 14.7. The summed E-state index contributed by atoms with van der Waals surface area (Å²) in [5.41, 5.74) is 0.705. The smallest absolute Gasteiger partial charge is 0.261 e. The van der Waals surface area contributed by atoms with Gasteiger partial charge in [0.25, 0.3) is 10.0 Å². The molecular weight excluding hydrogens is 352 g/mol. The average Bonchev–Trinajstić information content (AvgIpc) is 2.50. The molecule has 2 rings (SSSR count). The summed E-state index contributed by atoms with van der Waals surface area (Å²) in [4.78, 5) is 11.2. The van der Waals surface area contributed by atoms with Gasteiger partial charge in [-0.25, -0.2) is 8.42 Å². The summed E-state index contributed by atoms with van der Waals surface area (Å²) in [6.07, 6.45) is 0. The third-order valence-corrected chi connectivity index (χ3v) is 4.69. The van der Waals surface area contributed by atoms with E-state index in [0.717, 1.165) is 0 Å². The number of nitrogens with one attached hydrogen (secondary N) is 2. The first-order valence-corrected chi connectivity index (χ1v) is 9.01. The highest BCUT2D eigenvalue weighted by molar-refractivity contribution is 7.92. The molecule has 1 amide bonds. The molecule has 2 N–H and O–H groups in total. The number of carbonyl (C=O) groups is 1. The van der Waals surface area contributed by atoms with E-state index < -0.39 is 10.0 Å². The standard InChI is InChI=1S/C16H17ClN2O4S/c1-3-23-13-5-7-14(8-6-13)24(21,22)19-12-4-9-16(15(17)10-12)18-11(2)20/h4-10,19H,3H2,1-2H3,(H,18,20). The highest BCUT2D eigenvalue weighted by Gasteiger charge is 2.15. The van der Waals surface area contributed by atoms with Crippen LogP contribution in [0.1, 0.15) is 13.8 Å². The van der Waals surface area contributed by atoms with Gasteiger partial charge in [0.2, 0.25) is 5.91 Å². The first-order chi connectivity index (χ1) is 11.3. The van der Waals surface area contributed by atoms with Crippen molar-refractivity contribution in [1.82, 2.24) is 0 Å². The van der Waals surface area contributed by atoms with Crippen LogP contribution in [-0.4, -0.2) is 20.9 Å².